The van der Waals surface area contributed by atoms with Gasteiger partial charge in [-0.15, -0.1) is 0 Å². The lowest BCUT2D eigenvalue weighted by molar-refractivity contribution is -0.139. The molecule has 0 spiro atoms. The van der Waals surface area contributed by atoms with Crippen molar-refractivity contribution in [1.29, 1.82) is 0 Å². The molecule has 6 nitrogen and oxygen atoms in total. The molecule has 2 amide bonds. The van der Waals surface area contributed by atoms with Crippen molar-refractivity contribution in [3.8, 4) is 5.75 Å². The molecule has 31 heavy (non-hydrogen) atoms. The fourth-order valence-corrected chi connectivity index (χ4v) is 4.15. The van der Waals surface area contributed by atoms with E-state index in [1.165, 1.54) is 17.0 Å². The fraction of sp³-hybridized carbons (Fsp3) is 0.333. The number of morpholine rings is 1. The molecule has 162 valence electrons. The minimum atomic E-state index is -0.397. The minimum Gasteiger partial charge on any atom is -0.497 e. The van der Waals surface area contributed by atoms with Gasteiger partial charge in [0, 0.05) is 13.1 Å². The first-order chi connectivity index (χ1) is 14.9. The lowest BCUT2D eigenvalue weighted by atomic mass is 10.0. The number of halogens is 1. The summed E-state index contributed by atoms with van der Waals surface area (Å²) in [6.45, 7) is 5.03. The Balaban J connectivity index is 1.71. The second kappa shape index (κ2) is 8.51. The third kappa shape index (κ3) is 4.18. The maximum atomic E-state index is 13.5. The summed E-state index contributed by atoms with van der Waals surface area (Å²) in [6.07, 6.45) is -0.159. The smallest absolute Gasteiger partial charge is 0.278 e. The Labute approximate surface area is 180 Å². The molecular formula is C24H25FN2O4. The molecule has 0 N–H and O–H groups in total. The predicted molar refractivity (Wildman–Crippen MR) is 113 cm³/mol. The Morgan fingerprint density at radius 3 is 2.16 bits per heavy atom. The van der Waals surface area contributed by atoms with Crippen LogP contribution in [0.25, 0.3) is 5.57 Å². The lowest BCUT2D eigenvalue weighted by Gasteiger charge is -2.37. The van der Waals surface area contributed by atoms with E-state index in [1.807, 2.05) is 30.9 Å². The monoisotopic (exact) mass is 424 g/mol. The molecule has 0 saturated carbocycles. The summed E-state index contributed by atoms with van der Waals surface area (Å²) in [5.41, 5.74) is 2.00. The average Bonchev–Trinajstić information content (AvgIpc) is 2.99. The normalized spacial score (nSPS) is 21.8. The molecule has 2 aliphatic heterocycles. The van der Waals surface area contributed by atoms with E-state index < -0.39 is 5.82 Å². The van der Waals surface area contributed by atoms with Crippen LogP contribution in [0.2, 0.25) is 0 Å². The highest BCUT2D eigenvalue weighted by Crippen LogP contribution is 2.34. The van der Waals surface area contributed by atoms with Crippen LogP contribution < -0.4 is 4.74 Å². The number of hydrogen-bond donors (Lipinski definition) is 0. The first-order valence-corrected chi connectivity index (χ1v) is 10.3. The molecule has 7 heteroatoms. The van der Waals surface area contributed by atoms with Crippen molar-refractivity contribution in [2.45, 2.75) is 32.6 Å². The molecule has 2 atom stereocenters. The standard InChI is InChI=1S/C24H25FN2O4/c1-15-12-26(13-16(2)31-15)22-21(18-6-8-19(25)9-7-18)23(28)27(24(22)29)14-17-4-10-20(30-3)11-5-17/h4-11,15-16H,12-14H2,1-3H3. The number of imide groups is 1. The van der Waals surface area contributed by atoms with E-state index in [0.29, 0.717) is 35.7 Å². The van der Waals surface area contributed by atoms with E-state index in [-0.39, 0.29) is 30.6 Å². The Kier molecular flexibility index (Phi) is 5.78. The van der Waals surface area contributed by atoms with E-state index in [0.717, 1.165) is 5.56 Å². The molecule has 2 heterocycles. The number of carbonyl (C=O) groups is 2. The highest BCUT2D eigenvalue weighted by atomic mass is 19.1. The van der Waals surface area contributed by atoms with Gasteiger partial charge in [-0.25, -0.2) is 4.39 Å². The number of nitrogens with zero attached hydrogens (tertiary/aromatic N) is 2. The number of carbonyl (C=O) groups excluding carboxylic acids is 2. The van der Waals surface area contributed by atoms with Gasteiger partial charge >= 0.3 is 0 Å². The molecule has 2 aromatic rings. The van der Waals surface area contributed by atoms with Crippen LogP contribution in [0.5, 0.6) is 5.75 Å². The topological polar surface area (TPSA) is 59.1 Å². The molecule has 0 bridgehead atoms. The number of methoxy groups -OCH3 is 1. The number of rotatable bonds is 5. The molecule has 0 radical (unpaired) electrons. The molecule has 4 rings (SSSR count). The van der Waals surface area contributed by atoms with Gasteiger partial charge in [0.05, 0.1) is 31.4 Å². The molecule has 0 aromatic heterocycles. The Bertz CT molecular complexity index is 1010. The summed E-state index contributed by atoms with van der Waals surface area (Å²) in [6, 6.07) is 12.9. The molecule has 2 aromatic carbocycles. The summed E-state index contributed by atoms with van der Waals surface area (Å²) in [4.78, 5) is 30.1. The van der Waals surface area contributed by atoms with Crippen LogP contribution in [-0.4, -0.2) is 54.0 Å². The quantitative estimate of drug-likeness (QED) is 0.690. The van der Waals surface area contributed by atoms with E-state index in [4.69, 9.17) is 9.47 Å². The maximum Gasteiger partial charge on any atom is 0.278 e. The van der Waals surface area contributed by atoms with E-state index in [2.05, 4.69) is 0 Å². The molecule has 1 saturated heterocycles. The van der Waals surface area contributed by atoms with Crippen LogP contribution in [0.3, 0.4) is 0 Å². The zero-order valence-corrected chi connectivity index (χ0v) is 17.8. The van der Waals surface area contributed by atoms with Crippen LogP contribution in [-0.2, 0) is 20.9 Å². The van der Waals surface area contributed by atoms with Crippen molar-refractivity contribution in [3.63, 3.8) is 0 Å². The van der Waals surface area contributed by atoms with Crippen molar-refractivity contribution in [2.24, 2.45) is 0 Å². The lowest BCUT2D eigenvalue weighted by Crippen LogP contribution is -2.46. The highest BCUT2D eigenvalue weighted by molar-refractivity contribution is 6.35. The van der Waals surface area contributed by atoms with Crippen LogP contribution in [0.15, 0.2) is 54.2 Å². The van der Waals surface area contributed by atoms with Gasteiger partial charge < -0.3 is 14.4 Å². The Hall–Kier alpha value is -3.19. The molecule has 1 fully saturated rings. The fourth-order valence-electron chi connectivity index (χ4n) is 4.15. The third-order valence-corrected chi connectivity index (χ3v) is 5.51. The van der Waals surface area contributed by atoms with E-state index >= 15 is 0 Å². The number of benzene rings is 2. The second-order valence-electron chi connectivity index (χ2n) is 7.94. The highest BCUT2D eigenvalue weighted by Gasteiger charge is 2.43. The van der Waals surface area contributed by atoms with E-state index in [1.54, 1.807) is 31.4 Å². The summed E-state index contributed by atoms with van der Waals surface area (Å²) in [5, 5.41) is 0. The van der Waals surface area contributed by atoms with Crippen LogP contribution in [0.4, 0.5) is 4.39 Å². The minimum absolute atomic E-state index is 0.0794. The molecular weight excluding hydrogens is 399 g/mol. The Morgan fingerprint density at radius 1 is 0.968 bits per heavy atom. The predicted octanol–water partition coefficient (Wildman–Crippen LogP) is 3.22. The van der Waals surface area contributed by atoms with Gasteiger partial charge in [-0.2, -0.15) is 0 Å². The summed E-state index contributed by atoms with van der Waals surface area (Å²) in [7, 11) is 1.58. The van der Waals surface area contributed by atoms with Crippen molar-refractivity contribution in [1.82, 2.24) is 9.80 Å². The zero-order valence-electron chi connectivity index (χ0n) is 17.8. The molecule has 2 aliphatic rings. The molecule has 0 aliphatic carbocycles. The zero-order chi connectivity index (χ0) is 22.1. The van der Waals surface area contributed by atoms with Gasteiger partial charge in [-0.05, 0) is 49.2 Å². The molecule has 2 unspecified atom stereocenters. The van der Waals surface area contributed by atoms with Crippen molar-refractivity contribution < 1.29 is 23.5 Å². The van der Waals surface area contributed by atoms with Gasteiger partial charge in [0.25, 0.3) is 11.8 Å². The Morgan fingerprint density at radius 2 is 1.58 bits per heavy atom. The number of ether oxygens (including phenoxy) is 2. The van der Waals surface area contributed by atoms with Gasteiger partial charge in [0.1, 0.15) is 17.3 Å². The summed E-state index contributed by atoms with van der Waals surface area (Å²) < 4.78 is 24.5. The summed E-state index contributed by atoms with van der Waals surface area (Å²) in [5.74, 6) is -0.424. The van der Waals surface area contributed by atoms with Crippen molar-refractivity contribution >= 4 is 17.4 Å². The first-order valence-electron chi connectivity index (χ1n) is 10.3. The van der Waals surface area contributed by atoms with Crippen LogP contribution in [0, 0.1) is 5.82 Å². The number of hydrogen-bond acceptors (Lipinski definition) is 5. The van der Waals surface area contributed by atoms with Gasteiger partial charge in [0.2, 0.25) is 0 Å². The van der Waals surface area contributed by atoms with Crippen LogP contribution in [0.1, 0.15) is 25.0 Å². The second-order valence-corrected chi connectivity index (χ2v) is 7.94. The SMILES string of the molecule is COc1ccc(CN2C(=O)C(c3ccc(F)cc3)=C(N3CC(C)OC(C)C3)C2=O)cc1. The van der Waals surface area contributed by atoms with E-state index in [9.17, 15) is 14.0 Å². The van der Waals surface area contributed by atoms with Crippen molar-refractivity contribution in [3.05, 3.63) is 71.2 Å². The largest absolute Gasteiger partial charge is 0.497 e. The first kappa shape index (κ1) is 21.1. The average molecular weight is 424 g/mol. The number of amides is 2. The van der Waals surface area contributed by atoms with Gasteiger partial charge in [-0.3, -0.25) is 14.5 Å². The maximum absolute atomic E-state index is 13.5. The van der Waals surface area contributed by atoms with Gasteiger partial charge in [0.15, 0.2) is 0 Å². The van der Waals surface area contributed by atoms with Crippen LogP contribution >= 0.6 is 0 Å². The van der Waals surface area contributed by atoms with Crippen molar-refractivity contribution in [2.75, 3.05) is 20.2 Å². The third-order valence-electron chi connectivity index (χ3n) is 5.51. The summed E-state index contributed by atoms with van der Waals surface area (Å²) >= 11 is 0. The van der Waals surface area contributed by atoms with Gasteiger partial charge in [-0.1, -0.05) is 24.3 Å².